The minimum atomic E-state index is -0.629. The van der Waals surface area contributed by atoms with Crippen LogP contribution in [0.3, 0.4) is 0 Å². The van der Waals surface area contributed by atoms with Crippen LogP contribution in [0.2, 0.25) is 0 Å². The maximum Gasteiger partial charge on any atom is 0.237 e. The minimum absolute atomic E-state index is 0. The van der Waals surface area contributed by atoms with E-state index >= 15 is 0 Å². The van der Waals surface area contributed by atoms with Crippen LogP contribution in [0.15, 0.2) is 60.7 Å². The maximum absolute atomic E-state index is 13.6. The van der Waals surface area contributed by atoms with E-state index in [4.69, 9.17) is 0 Å². The molecular weight excluding hydrogens is 400 g/mol. The molecule has 0 N–H and O–H groups in total. The van der Waals surface area contributed by atoms with E-state index < -0.39 is 5.41 Å². The number of hydrogen-bond acceptors (Lipinski definition) is 1. The molecule has 0 aromatic heterocycles. The molecule has 1 heterocycles. The molecule has 2 aromatic carbocycles. The predicted molar refractivity (Wildman–Crippen MR) is 107 cm³/mol. The number of carbonyl (C=O) groups is 1. The monoisotopic (exact) mass is 430 g/mol. The van der Waals surface area contributed by atoms with Crippen molar-refractivity contribution in [2.75, 3.05) is 40.8 Å². The second-order valence-corrected chi connectivity index (χ2v) is 8.08. The van der Waals surface area contributed by atoms with E-state index in [0.29, 0.717) is 0 Å². The Bertz CT molecular complexity index is 685. The van der Waals surface area contributed by atoms with Gasteiger partial charge in [-0.25, -0.2) is 0 Å². The zero-order valence-electron chi connectivity index (χ0n) is 16.7. The third-order valence-electron chi connectivity index (χ3n) is 5.98. The highest BCUT2D eigenvalue weighted by atomic mass is 79.9. The number of hydrogen-bond donors (Lipinski definition) is 0. The first kappa shape index (κ1) is 21.6. The summed E-state index contributed by atoms with van der Waals surface area (Å²) in [4.78, 5) is 15.3. The number of rotatable bonds is 6. The fourth-order valence-electron chi connectivity index (χ4n) is 4.40. The van der Waals surface area contributed by atoms with Gasteiger partial charge in [-0.3, -0.25) is 4.79 Å². The van der Waals surface area contributed by atoms with Gasteiger partial charge in [-0.05, 0) is 11.1 Å². The van der Waals surface area contributed by atoms with E-state index in [0.717, 1.165) is 28.6 Å². The molecule has 1 aliphatic rings. The highest BCUT2D eigenvalue weighted by Crippen LogP contribution is 2.38. The number of amides is 1. The Kier molecular flexibility index (Phi) is 7.24. The van der Waals surface area contributed by atoms with Gasteiger partial charge < -0.3 is 26.4 Å². The zero-order chi connectivity index (χ0) is 18.6. The first-order valence-electron chi connectivity index (χ1n) is 9.64. The number of likely N-dealkylation sites (N-methyl/N-ethyl adjacent to an activating group) is 1. The highest BCUT2D eigenvalue weighted by molar-refractivity contribution is 5.91. The Hall–Kier alpha value is -1.65. The van der Waals surface area contributed by atoms with E-state index in [1.807, 2.05) is 50.5 Å². The quantitative estimate of drug-likeness (QED) is 0.617. The van der Waals surface area contributed by atoms with Gasteiger partial charge >= 0.3 is 0 Å². The zero-order valence-corrected chi connectivity index (χ0v) is 18.3. The summed E-state index contributed by atoms with van der Waals surface area (Å²) in [5.41, 5.74) is 1.56. The number of halogens is 1. The molecule has 0 spiro atoms. The first-order chi connectivity index (χ1) is 12.5. The molecule has 3 nitrogen and oxygen atoms in total. The summed E-state index contributed by atoms with van der Waals surface area (Å²) in [5, 5.41) is 0. The molecule has 1 amide bonds. The van der Waals surface area contributed by atoms with Crippen LogP contribution in [0, 0.1) is 0 Å². The van der Waals surface area contributed by atoms with E-state index in [2.05, 4.69) is 31.3 Å². The van der Waals surface area contributed by atoms with Gasteiger partial charge in [0.15, 0.2) is 0 Å². The summed E-state index contributed by atoms with van der Waals surface area (Å²) in [7, 11) is 6.08. The standard InChI is InChI=1S/C23H31N2O.BrH/c1-24(2)22(26)23(20-12-6-4-7-13-20,21-14-8-5-9-15-21)16-19-25(3)17-10-11-18-25;/h4-9,12-15H,10-11,16-19H2,1-3H3;1H/q+1;/p-1. The van der Waals surface area contributed by atoms with Crippen LogP contribution in [0.25, 0.3) is 0 Å². The third kappa shape index (κ3) is 4.44. The Morgan fingerprint density at radius 1 is 0.926 bits per heavy atom. The van der Waals surface area contributed by atoms with Crippen molar-refractivity contribution >= 4 is 5.91 Å². The molecule has 0 unspecified atom stereocenters. The van der Waals surface area contributed by atoms with Gasteiger partial charge in [0.1, 0.15) is 5.41 Å². The Balaban J connectivity index is 0.00000261. The molecule has 1 saturated heterocycles. The van der Waals surface area contributed by atoms with Crippen LogP contribution < -0.4 is 17.0 Å². The van der Waals surface area contributed by atoms with Crippen LogP contribution in [-0.2, 0) is 10.2 Å². The third-order valence-corrected chi connectivity index (χ3v) is 5.98. The fraction of sp³-hybridized carbons (Fsp3) is 0.435. The summed E-state index contributed by atoms with van der Waals surface area (Å²) in [6, 6.07) is 20.7. The lowest BCUT2D eigenvalue weighted by Crippen LogP contribution is -3.00. The van der Waals surface area contributed by atoms with E-state index in [1.165, 1.54) is 25.9 Å². The average Bonchev–Trinajstić information content (AvgIpc) is 3.10. The molecule has 4 heteroatoms. The number of likely N-dealkylation sites (tertiary alicyclic amines) is 1. The Morgan fingerprint density at radius 2 is 1.37 bits per heavy atom. The second kappa shape index (κ2) is 9.03. The summed E-state index contributed by atoms with van der Waals surface area (Å²) in [5.74, 6) is 0.167. The second-order valence-electron chi connectivity index (χ2n) is 8.08. The lowest BCUT2D eigenvalue weighted by Gasteiger charge is -2.39. The van der Waals surface area contributed by atoms with Crippen molar-refractivity contribution in [3.05, 3.63) is 71.8 Å². The van der Waals surface area contributed by atoms with Crippen molar-refractivity contribution in [1.29, 1.82) is 0 Å². The summed E-state index contributed by atoms with van der Waals surface area (Å²) >= 11 is 0. The molecular formula is C23H31BrN2O. The molecule has 0 saturated carbocycles. The van der Waals surface area contributed by atoms with E-state index in [-0.39, 0.29) is 22.9 Å². The van der Waals surface area contributed by atoms with Crippen molar-refractivity contribution in [2.45, 2.75) is 24.7 Å². The van der Waals surface area contributed by atoms with E-state index in [9.17, 15) is 4.79 Å². The van der Waals surface area contributed by atoms with Crippen molar-refractivity contribution in [1.82, 2.24) is 4.90 Å². The van der Waals surface area contributed by atoms with Gasteiger partial charge in [0.05, 0.1) is 26.7 Å². The molecule has 0 atom stereocenters. The number of benzene rings is 2. The van der Waals surface area contributed by atoms with Gasteiger partial charge in [0, 0.05) is 33.4 Å². The van der Waals surface area contributed by atoms with Gasteiger partial charge in [0.25, 0.3) is 0 Å². The largest absolute Gasteiger partial charge is 1.00 e. The molecule has 1 aliphatic heterocycles. The van der Waals surface area contributed by atoms with Crippen molar-refractivity contribution in [2.24, 2.45) is 0 Å². The van der Waals surface area contributed by atoms with Crippen molar-refractivity contribution < 1.29 is 26.3 Å². The Labute approximate surface area is 174 Å². The molecule has 3 rings (SSSR count). The summed E-state index contributed by atoms with van der Waals surface area (Å²) in [6.45, 7) is 3.45. The fourth-order valence-corrected chi connectivity index (χ4v) is 4.40. The minimum Gasteiger partial charge on any atom is -1.00 e. The number of nitrogens with zero attached hydrogens (tertiary/aromatic N) is 2. The normalized spacial score (nSPS) is 15.8. The molecule has 1 fully saturated rings. The molecule has 146 valence electrons. The van der Waals surface area contributed by atoms with Gasteiger partial charge in [0.2, 0.25) is 5.91 Å². The van der Waals surface area contributed by atoms with Crippen LogP contribution >= 0.6 is 0 Å². The molecule has 0 aliphatic carbocycles. The predicted octanol–water partition coefficient (Wildman–Crippen LogP) is 0.695. The van der Waals surface area contributed by atoms with Gasteiger partial charge in [-0.2, -0.15) is 0 Å². The van der Waals surface area contributed by atoms with Crippen molar-refractivity contribution in [3.63, 3.8) is 0 Å². The average molecular weight is 431 g/mol. The molecule has 2 aromatic rings. The number of quaternary nitrogens is 1. The Morgan fingerprint density at radius 3 is 1.78 bits per heavy atom. The van der Waals surface area contributed by atoms with Crippen LogP contribution in [-0.4, -0.2) is 56.1 Å². The smallest absolute Gasteiger partial charge is 0.237 e. The molecule has 0 bridgehead atoms. The van der Waals surface area contributed by atoms with E-state index in [1.54, 1.807) is 4.90 Å². The summed E-state index contributed by atoms with van der Waals surface area (Å²) < 4.78 is 1.07. The molecule has 27 heavy (non-hydrogen) atoms. The van der Waals surface area contributed by atoms with Gasteiger partial charge in [-0.1, -0.05) is 60.7 Å². The number of carbonyl (C=O) groups excluding carboxylic acids is 1. The molecule has 0 radical (unpaired) electrons. The van der Waals surface area contributed by atoms with Crippen LogP contribution in [0.1, 0.15) is 30.4 Å². The van der Waals surface area contributed by atoms with Crippen molar-refractivity contribution in [3.8, 4) is 0 Å². The topological polar surface area (TPSA) is 20.3 Å². The highest BCUT2D eigenvalue weighted by Gasteiger charge is 2.45. The van der Waals surface area contributed by atoms with Crippen LogP contribution in [0.5, 0.6) is 0 Å². The first-order valence-corrected chi connectivity index (χ1v) is 9.64. The SMILES string of the molecule is CN(C)C(=O)C(CC[N+]1(C)CCCC1)(c1ccccc1)c1ccccc1.[Br-]. The lowest BCUT2D eigenvalue weighted by molar-refractivity contribution is -0.898. The van der Waals surface area contributed by atoms with Crippen LogP contribution in [0.4, 0.5) is 0 Å². The lowest BCUT2D eigenvalue weighted by atomic mass is 9.70. The van der Waals surface area contributed by atoms with Gasteiger partial charge in [-0.15, -0.1) is 0 Å². The summed E-state index contributed by atoms with van der Waals surface area (Å²) in [6.07, 6.45) is 3.41. The maximum atomic E-state index is 13.6.